The average Bonchev–Trinajstić information content (AvgIpc) is 3.37. The molecule has 27 heavy (non-hydrogen) atoms. The lowest BCUT2D eigenvalue weighted by atomic mass is 9.81. The maximum atomic E-state index is 13.0. The minimum atomic E-state index is -0.699. The Morgan fingerprint density at radius 3 is 2.78 bits per heavy atom. The summed E-state index contributed by atoms with van der Waals surface area (Å²) in [5, 5.41) is 7.72. The van der Waals surface area contributed by atoms with Crippen LogP contribution in [0.2, 0.25) is 0 Å². The van der Waals surface area contributed by atoms with Crippen LogP contribution in [0.5, 0.6) is 0 Å². The van der Waals surface area contributed by atoms with E-state index in [-0.39, 0.29) is 35.7 Å². The van der Waals surface area contributed by atoms with Crippen LogP contribution in [0.3, 0.4) is 0 Å². The van der Waals surface area contributed by atoms with E-state index < -0.39 is 12.1 Å². The van der Waals surface area contributed by atoms with E-state index in [0.29, 0.717) is 17.8 Å². The van der Waals surface area contributed by atoms with E-state index in [2.05, 4.69) is 22.5 Å². The highest BCUT2D eigenvalue weighted by Gasteiger charge is 2.40. The maximum Gasteiger partial charge on any atom is 0.280 e. The van der Waals surface area contributed by atoms with Gasteiger partial charge in [0.15, 0.2) is 10.8 Å². The molecule has 1 aromatic heterocycles. The van der Waals surface area contributed by atoms with Gasteiger partial charge in [-0.3, -0.25) is 14.4 Å². The second kappa shape index (κ2) is 8.48. The van der Waals surface area contributed by atoms with Crippen molar-refractivity contribution in [3.63, 3.8) is 0 Å². The highest BCUT2D eigenvalue weighted by atomic mass is 32.1. The summed E-state index contributed by atoms with van der Waals surface area (Å²) in [7, 11) is 0. The summed E-state index contributed by atoms with van der Waals surface area (Å²) in [6, 6.07) is -1.34. The molecule has 2 aliphatic rings. The summed E-state index contributed by atoms with van der Waals surface area (Å²) in [5.74, 6) is -0.796. The number of carbonyl (C=O) groups excluding carboxylic acids is 3. The Bertz CT molecular complexity index is 685. The van der Waals surface area contributed by atoms with Gasteiger partial charge in [-0.15, -0.1) is 11.3 Å². The van der Waals surface area contributed by atoms with Gasteiger partial charge in [0.1, 0.15) is 18.7 Å². The molecule has 1 unspecified atom stereocenters. The minimum Gasteiger partial charge on any atom is -0.368 e. The van der Waals surface area contributed by atoms with Gasteiger partial charge in [-0.05, 0) is 31.1 Å². The SMILES string of the molecule is CC[C@@H]1OCC(=O)C1NC(=O)[C@H](CC1(C)CCCC1)NC(=O)c1nccs1. The molecule has 3 rings (SSSR count). The molecule has 0 radical (unpaired) electrons. The first-order valence-corrected chi connectivity index (χ1v) is 10.4. The molecule has 2 amide bonds. The third-order valence-corrected chi connectivity index (χ3v) is 6.39. The Balaban J connectivity index is 1.72. The molecule has 0 bridgehead atoms. The number of ketones is 1. The second-order valence-corrected chi connectivity index (χ2v) is 8.69. The fraction of sp³-hybridized carbons (Fsp3) is 0.684. The van der Waals surface area contributed by atoms with Crippen LogP contribution in [0, 0.1) is 5.41 Å². The van der Waals surface area contributed by atoms with E-state index in [9.17, 15) is 14.4 Å². The predicted molar refractivity (Wildman–Crippen MR) is 102 cm³/mol. The monoisotopic (exact) mass is 393 g/mol. The van der Waals surface area contributed by atoms with Crippen molar-refractivity contribution in [2.45, 2.75) is 70.6 Å². The number of Topliss-reactive ketones (excluding diaryl/α,β-unsaturated/α-hetero) is 1. The Hall–Kier alpha value is -1.80. The van der Waals surface area contributed by atoms with Crippen molar-refractivity contribution < 1.29 is 19.1 Å². The molecule has 2 fully saturated rings. The minimum absolute atomic E-state index is 0.0124. The van der Waals surface area contributed by atoms with Gasteiger partial charge in [-0.1, -0.05) is 26.7 Å². The summed E-state index contributed by atoms with van der Waals surface area (Å²) in [6.45, 7) is 4.11. The first-order valence-electron chi connectivity index (χ1n) is 9.57. The van der Waals surface area contributed by atoms with Crippen molar-refractivity contribution in [3.8, 4) is 0 Å². The van der Waals surface area contributed by atoms with E-state index in [1.807, 2.05) is 6.92 Å². The molecule has 2 N–H and O–H groups in total. The number of aromatic nitrogens is 1. The third-order valence-electron chi connectivity index (χ3n) is 5.61. The maximum absolute atomic E-state index is 13.0. The first kappa shape index (κ1) is 19.9. The number of thiazole rings is 1. The van der Waals surface area contributed by atoms with Gasteiger partial charge in [0.2, 0.25) is 5.91 Å². The van der Waals surface area contributed by atoms with Crippen LogP contribution >= 0.6 is 11.3 Å². The molecular formula is C19H27N3O4S. The quantitative estimate of drug-likeness (QED) is 0.739. The largest absolute Gasteiger partial charge is 0.368 e. The number of hydrogen-bond donors (Lipinski definition) is 2. The fourth-order valence-corrected chi connectivity index (χ4v) is 4.59. The predicted octanol–water partition coefficient (Wildman–Crippen LogP) is 2.07. The molecule has 8 heteroatoms. The van der Waals surface area contributed by atoms with Gasteiger partial charge in [-0.25, -0.2) is 4.98 Å². The Kier molecular flexibility index (Phi) is 6.26. The number of nitrogens with zero attached hydrogens (tertiary/aromatic N) is 1. The van der Waals surface area contributed by atoms with Crippen LogP contribution in [0.4, 0.5) is 0 Å². The highest BCUT2D eigenvalue weighted by Crippen LogP contribution is 2.41. The van der Waals surface area contributed by atoms with Crippen LogP contribution in [-0.2, 0) is 14.3 Å². The van der Waals surface area contributed by atoms with Crippen molar-refractivity contribution in [2.24, 2.45) is 5.41 Å². The fourth-order valence-electron chi connectivity index (χ4n) is 4.05. The van der Waals surface area contributed by atoms with Crippen LogP contribution in [-0.4, -0.2) is 47.4 Å². The lowest BCUT2D eigenvalue weighted by Crippen LogP contribution is -2.54. The van der Waals surface area contributed by atoms with E-state index in [1.165, 1.54) is 11.3 Å². The van der Waals surface area contributed by atoms with Gasteiger partial charge in [0.25, 0.3) is 5.91 Å². The van der Waals surface area contributed by atoms with Gasteiger partial charge >= 0.3 is 0 Å². The van der Waals surface area contributed by atoms with E-state index in [4.69, 9.17) is 4.74 Å². The first-order chi connectivity index (χ1) is 12.9. The summed E-state index contributed by atoms with van der Waals surface area (Å²) < 4.78 is 5.44. The van der Waals surface area contributed by atoms with E-state index >= 15 is 0 Å². The number of carbonyl (C=O) groups is 3. The summed E-state index contributed by atoms with van der Waals surface area (Å²) in [4.78, 5) is 41.6. The molecule has 1 aromatic rings. The molecule has 148 valence electrons. The van der Waals surface area contributed by atoms with Crippen molar-refractivity contribution >= 4 is 28.9 Å². The topological polar surface area (TPSA) is 97.4 Å². The summed E-state index contributed by atoms with van der Waals surface area (Å²) in [6.07, 6.45) is 6.79. The second-order valence-electron chi connectivity index (χ2n) is 7.80. The van der Waals surface area contributed by atoms with Gasteiger partial charge < -0.3 is 15.4 Å². The zero-order valence-electron chi connectivity index (χ0n) is 15.8. The summed E-state index contributed by atoms with van der Waals surface area (Å²) >= 11 is 1.23. The molecule has 1 saturated heterocycles. The molecule has 0 spiro atoms. The van der Waals surface area contributed by atoms with Crippen molar-refractivity contribution in [2.75, 3.05) is 6.61 Å². The van der Waals surface area contributed by atoms with Crippen LogP contribution in [0.25, 0.3) is 0 Å². The molecule has 1 saturated carbocycles. The van der Waals surface area contributed by atoms with Gasteiger partial charge in [0, 0.05) is 11.6 Å². The third kappa shape index (κ3) is 4.73. The highest BCUT2D eigenvalue weighted by molar-refractivity contribution is 7.11. The number of amides is 2. The lowest BCUT2D eigenvalue weighted by Gasteiger charge is -2.30. The van der Waals surface area contributed by atoms with Gasteiger partial charge in [-0.2, -0.15) is 0 Å². The molecule has 1 aliphatic heterocycles. The van der Waals surface area contributed by atoms with Crippen LogP contribution in [0.1, 0.15) is 62.2 Å². The lowest BCUT2D eigenvalue weighted by molar-refractivity contribution is -0.128. The normalized spacial score (nSPS) is 25.3. The molecular weight excluding hydrogens is 366 g/mol. The number of ether oxygens (including phenoxy) is 1. The zero-order valence-corrected chi connectivity index (χ0v) is 16.6. The van der Waals surface area contributed by atoms with Gasteiger partial charge in [0.05, 0.1) is 6.10 Å². The Labute approximate surface area is 163 Å². The smallest absolute Gasteiger partial charge is 0.280 e. The van der Waals surface area contributed by atoms with E-state index in [0.717, 1.165) is 25.7 Å². The number of rotatable bonds is 7. The van der Waals surface area contributed by atoms with Crippen molar-refractivity contribution in [3.05, 3.63) is 16.6 Å². The average molecular weight is 394 g/mol. The summed E-state index contributed by atoms with van der Waals surface area (Å²) in [5.41, 5.74) is 0.0124. The Morgan fingerprint density at radius 1 is 1.41 bits per heavy atom. The molecule has 7 nitrogen and oxygen atoms in total. The Morgan fingerprint density at radius 2 is 2.15 bits per heavy atom. The molecule has 2 heterocycles. The standard InChI is InChI=1S/C19H27N3O4S/c1-3-14-15(13(23)11-26-14)22-16(24)12(10-19(2)6-4-5-7-19)21-17(25)18-20-8-9-27-18/h8-9,12,14-15H,3-7,10-11H2,1-2H3,(H,21,25)(H,22,24)/t12-,14-,15?/m0/s1. The van der Waals surface area contributed by atoms with E-state index in [1.54, 1.807) is 11.6 Å². The number of hydrogen-bond acceptors (Lipinski definition) is 6. The molecule has 3 atom stereocenters. The van der Waals surface area contributed by atoms with Crippen molar-refractivity contribution in [1.29, 1.82) is 0 Å². The van der Waals surface area contributed by atoms with Crippen LogP contribution < -0.4 is 10.6 Å². The van der Waals surface area contributed by atoms with Crippen LogP contribution in [0.15, 0.2) is 11.6 Å². The molecule has 0 aromatic carbocycles. The van der Waals surface area contributed by atoms with Crippen molar-refractivity contribution in [1.82, 2.24) is 15.6 Å². The zero-order chi connectivity index (χ0) is 19.4. The number of nitrogens with one attached hydrogen (secondary N) is 2. The molecule has 1 aliphatic carbocycles.